The lowest BCUT2D eigenvalue weighted by molar-refractivity contribution is 0.292. The first-order valence-corrected chi connectivity index (χ1v) is 6.08. The minimum absolute atomic E-state index is 0.0370. The molecule has 0 spiro atoms. The quantitative estimate of drug-likeness (QED) is 0.618. The molecule has 0 aliphatic carbocycles. The third-order valence-corrected chi connectivity index (χ3v) is 3.48. The van der Waals surface area contributed by atoms with Crippen molar-refractivity contribution in [3.63, 3.8) is 0 Å². The highest BCUT2D eigenvalue weighted by Crippen LogP contribution is 2.31. The molecule has 0 bridgehead atoms. The molecule has 4 nitrogen and oxygen atoms in total. The van der Waals surface area contributed by atoms with E-state index in [1.165, 1.54) is 0 Å². The van der Waals surface area contributed by atoms with Crippen LogP contribution in [0.1, 0.15) is 39.4 Å². The topological polar surface area (TPSA) is 55.9 Å². The van der Waals surface area contributed by atoms with Gasteiger partial charge in [0.25, 0.3) is 0 Å². The van der Waals surface area contributed by atoms with Crippen molar-refractivity contribution in [2.45, 2.75) is 40.3 Å². The van der Waals surface area contributed by atoms with Crippen LogP contribution in [0.5, 0.6) is 0 Å². The van der Waals surface area contributed by atoms with Crippen LogP contribution in [0.4, 0.5) is 0 Å². The molecule has 2 unspecified atom stereocenters. The Bertz CT molecular complexity index is 335. The molecule has 2 atom stereocenters. The minimum atomic E-state index is 0.0370. The van der Waals surface area contributed by atoms with Crippen molar-refractivity contribution in [2.24, 2.45) is 17.7 Å². The van der Waals surface area contributed by atoms with Gasteiger partial charge >= 0.3 is 0 Å². The molecule has 0 amide bonds. The number of hydrogen-bond acceptors (Lipinski definition) is 3. The molecule has 0 fully saturated rings. The maximum atomic E-state index is 6.17. The molecule has 0 aliphatic heterocycles. The molecule has 0 radical (unpaired) electrons. The number of aromatic nitrogens is 2. The van der Waals surface area contributed by atoms with Crippen molar-refractivity contribution in [3.8, 4) is 0 Å². The Morgan fingerprint density at radius 1 is 1.50 bits per heavy atom. The summed E-state index contributed by atoms with van der Waals surface area (Å²) < 4.78 is 1.89. The molecule has 1 aromatic heterocycles. The van der Waals surface area contributed by atoms with Gasteiger partial charge in [0.1, 0.15) is 0 Å². The first-order chi connectivity index (χ1) is 7.52. The van der Waals surface area contributed by atoms with E-state index in [9.17, 15) is 0 Å². The van der Waals surface area contributed by atoms with Crippen molar-refractivity contribution in [3.05, 3.63) is 16.9 Å². The lowest BCUT2D eigenvalue weighted by atomic mass is 9.89. The van der Waals surface area contributed by atoms with Crippen molar-refractivity contribution in [1.82, 2.24) is 15.2 Å². The maximum Gasteiger partial charge on any atom is 0.0834 e. The van der Waals surface area contributed by atoms with Crippen LogP contribution in [0.15, 0.2) is 6.20 Å². The second-order valence-electron chi connectivity index (χ2n) is 4.44. The van der Waals surface area contributed by atoms with Crippen LogP contribution in [0.3, 0.4) is 0 Å². The molecule has 0 saturated carbocycles. The molecule has 92 valence electrons. The average molecular weight is 245 g/mol. The number of hydrogen-bond donors (Lipinski definition) is 2. The molecule has 3 N–H and O–H groups in total. The van der Waals surface area contributed by atoms with Crippen molar-refractivity contribution < 1.29 is 0 Å². The molecule has 1 rings (SSSR count). The first kappa shape index (κ1) is 13.5. The summed E-state index contributed by atoms with van der Waals surface area (Å²) in [4.78, 5) is 0. The highest BCUT2D eigenvalue weighted by atomic mass is 35.5. The Balaban J connectivity index is 3.07. The van der Waals surface area contributed by atoms with E-state index < -0.39 is 0 Å². The SMILES string of the molecule is CCn1ncc(Cl)c1C(NN)C(C)C(C)C. The monoisotopic (exact) mass is 244 g/mol. The zero-order chi connectivity index (χ0) is 12.3. The summed E-state index contributed by atoms with van der Waals surface area (Å²) in [6.07, 6.45) is 1.68. The van der Waals surface area contributed by atoms with Gasteiger partial charge in [-0.15, -0.1) is 0 Å². The fraction of sp³-hybridized carbons (Fsp3) is 0.727. The van der Waals surface area contributed by atoms with E-state index in [2.05, 4.69) is 31.3 Å². The van der Waals surface area contributed by atoms with Crippen LogP contribution in [0.2, 0.25) is 5.02 Å². The third-order valence-electron chi connectivity index (χ3n) is 3.18. The van der Waals surface area contributed by atoms with Gasteiger partial charge in [-0.05, 0) is 18.8 Å². The minimum Gasteiger partial charge on any atom is -0.271 e. The average Bonchev–Trinajstić information content (AvgIpc) is 2.61. The fourth-order valence-corrected chi connectivity index (χ4v) is 2.06. The third kappa shape index (κ3) is 2.56. The Labute approximate surface area is 102 Å². The van der Waals surface area contributed by atoms with E-state index >= 15 is 0 Å². The molecular formula is C11H21ClN4. The number of rotatable bonds is 5. The van der Waals surface area contributed by atoms with Gasteiger partial charge < -0.3 is 0 Å². The maximum absolute atomic E-state index is 6.17. The molecule has 0 aromatic carbocycles. The zero-order valence-electron chi connectivity index (χ0n) is 10.4. The van der Waals surface area contributed by atoms with Gasteiger partial charge in [0.15, 0.2) is 0 Å². The first-order valence-electron chi connectivity index (χ1n) is 5.70. The van der Waals surface area contributed by atoms with Gasteiger partial charge in [-0.1, -0.05) is 32.4 Å². The number of nitrogens with zero attached hydrogens (tertiary/aromatic N) is 2. The van der Waals surface area contributed by atoms with E-state index in [0.717, 1.165) is 12.2 Å². The molecule has 16 heavy (non-hydrogen) atoms. The lowest BCUT2D eigenvalue weighted by Gasteiger charge is -2.27. The highest BCUT2D eigenvalue weighted by Gasteiger charge is 2.26. The molecule has 0 saturated heterocycles. The van der Waals surface area contributed by atoms with Crippen LogP contribution in [0, 0.1) is 11.8 Å². The van der Waals surface area contributed by atoms with Crippen LogP contribution < -0.4 is 11.3 Å². The predicted molar refractivity (Wildman–Crippen MR) is 67.0 cm³/mol. The van der Waals surface area contributed by atoms with Crippen molar-refractivity contribution >= 4 is 11.6 Å². The second-order valence-corrected chi connectivity index (χ2v) is 4.85. The number of nitrogens with one attached hydrogen (secondary N) is 1. The summed E-state index contributed by atoms with van der Waals surface area (Å²) in [7, 11) is 0. The van der Waals surface area contributed by atoms with Gasteiger partial charge in [-0.3, -0.25) is 16.0 Å². The predicted octanol–water partition coefficient (Wildman–Crippen LogP) is 2.35. The van der Waals surface area contributed by atoms with Crippen LogP contribution in [-0.4, -0.2) is 9.78 Å². The van der Waals surface area contributed by atoms with Gasteiger partial charge in [0.05, 0.1) is 23.0 Å². The number of hydrazine groups is 1. The molecule has 1 heterocycles. The lowest BCUT2D eigenvalue weighted by Crippen LogP contribution is -2.36. The van der Waals surface area contributed by atoms with E-state index in [1.54, 1.807) is 6.20 Å². The van der Waals surface area contributed by atoms with Crippen molar-refractivity contribution in [1.29, 1.82) is 0 Å². The molecular weight excluding hydrogens is 224 g/mol. The number of aryl methyl sites for hydroxylation is 1. The van der Waals surface area contributed by atoms with Gasteiger partial charge in [-0.25, -0.2) is 0 Å². The smallest absolute Gasteiger partial charge is 0.0834 e. The van der Waals surface area contributed by atoms with Crippen molar-refractivity contribution in [2.75, 3.05) is 0 Å². The number of nitrogens with two attached hydrogens (primary N) is 1. The zero-order valence-corrected chi connectivity index (χ0v) is 11.1. The van der Waals surface area contributed by atoms with Gasteiger partial charge in [-0.2, -0.15) is 5.10 Å². The fourth-order valence-electron chi connectivity index (χ4n) is 1.80. The van der Waals surface area contributed by atoms with Crippen LogP contribution in [-0.2, 0) is 6.54 Å². The Morgan fingerprint density at radius 2 is 2.12 bits per heavy atom. The van der Waals surface area contributed by atoms with Gasteiger partial charge in [0.2, 0.25) is 0 Å². The Hall–Kier alpha value is -0.580. The summed E-state index contributed by atoms with van der Waals surface area (Å²) >= 11 is 6.17. The van der Waals surface area contributed by atoms with E-state index in [1.807, 2.05) is 11.6 Å². The molecule has 1 aromatic rings. The van der Waals surface area contributed by atoms with E-state index in [0.29, 0.717) is 16.9 Å². The van der Waals surface area contributed by atoms with Gasteiger partial charge in [0, 0.05) is 6.54 Å². The van der Waals surface area contributed by atoms with E-state index in [4.69, 9.17) is 17.4 Å². The summed E-state index contributed by atoms with van der Waals surface area (Å²) in [5.74, 6) is 6.56. The molecule has 0 aliphatic rings. The Morgan fingerprint density at radius 3 is 2.56 bits per heavy atom. The second kappa shape index (κ2) is 5.66. The van der Waals surface area contributed by atoms with Crippen LogP contribution >= 0.6 is 11.6 Å². The summed E-state index contributed by atoms with van der Waals surface area (Å²) in [6.45, 7) is 9.36. The molecule has 5 heteroatoms. The highest BCUT2D eigenvalue weighted by molar-refractivity contribution is 6.31. The van der Waals surface area contributed by atoms with E-state index in [-0.39, 0.29) is 6.04 Å². The summed E-state index contributed by atoms with van der Waals surface area (Å²) in [5, 5.41) is 4.91. The summed E-state index contributed by atoms with van der Waals surface area (Å²) in [5.41, 5.74) is 3.84. The largest absolute Gasteiger partial charge is 0.271 e. The Kier molecular flexibility index (Phi) is 4.77. The standard InChI is InChI=1S/C11H21ClN4/c1-5-16-11(9(12)6-14-16)10(15-13)8(4)7(2)3/h6-8,10,15H,5,13H2,1-4H3. The van der Waals surface area contributed by atoms with Crippen LogP contribution in [0.25, 0.3) is 0 Å². The normalized spacial score (nSPS) is 15.4. The number of halogens is 1. The summed E-state index contributed by atoms with van der Waals surface area (Å²) in [6, 6.07) is 0.0370.